The maximum absolute atomic E-state index is 11.8. The number of aliphatic carboxylic acids is 1. The summed E-state index contributed by atoms with van der Waals surface area (Å²) in [6.07, 6.45) is 6.11. The summed E-state index contributed by atoms with van der Waals surface area (Å²) in [6, 6.07) is 1.95. The van der Waals surface area contributed by atoms with Gasteiger partial charge in [-0.3, -0.25) is 4.79 Å². The summed E-state index contributed by atoms with van der Waals surface area (Å²) < 4.78 is 0.713. The van der Waals surface area contributed by atoms with Gasteiger partial charge in [-0.05, 0) is 59.2 Å². The highest BCUT2D eigenvalue weighted by Crippen LogP contribution is 2.49. The van der Waals surface area contributed by atoms with Crippen LogP contribution in [0, 0.1) is 0 Å². The van der Waals surface area contributed by atoms with Crippen molar-refractivity contribution >= 4 is 21.9 Å². The Hall–Kier alpha value is -1.03. The Kier molecular flexibility index (Phi) is 3.08. The first-order valence-corrected chi connectivity index (χ1v) is 7.62. The van der Waals surface area contributed by atoms with Crippen LogP contribution in [0.25, 0.3) is 0 Å². The fourth-order valence-corrected chi connectivity index (χ4v) is 4.29. The standard InChI is InChI=1S/C15H17BrO3/c16-12-10-5-3-4-9(10)8-11(13(12)17)15(14(18)19)6-1-2-7-15/h8,17H,1-7H2,(H,18,19). The van der Waals surface area contributed by atoms with E-state index in [1.54, 1.807) is 0 Å². The number of hydrogen-bond acceptors (Lipinski definition) is 2. The van der Waals surface area contributed by atoms with E-state index in [1.165, 1.54) is 5.56 Å². The van der Waals surface area contributed by atoms with Crippen LogP contribution in [0.5, 0.6) is 5.75 Å². The van der Waals surface area contributed by atoms with E-state index in [2.05, 4.69) is 15.9 Å². The van der Waals surface area contributed by atoms with Gasteiger partial charge in [-0.25, -0.2) is 0 Å². The third-order valence-electron chi connectivity index (χ3n) is 4.69. The van der Waals surface area contributed by atoms with Crippen molar-refractivity contribution < 1.29 is 15.0 Å². The van der Waals surface area contributed by atoms with Gasteiger partial charge in [0.15, 0.2) is 0 Å². The number of benzene rings is 1. The predicted octanol–water partition coefficient (Wildman–Crippen LogP) is 3.54. The SMILES string of the molecule is O=C(O)C1(c2cc3c(c(Br)c2O)CCC3)CCCC1. The number of halogens is 1. The van der Waals surface area contributed by atoms with Crippen LogP contribution in [0.1, 0.15) is 48.8 Å². The molecule has 4 heteroatoms. The van der Waals surface area contributed by atoms with E-state index in [9.17, 15) is 15.0 Å². The summed E-state index contributed by atoms with van der Waals surface area (Å²) in [5.74, 6) is -0.657. The first-order chi connectivity index (χ1) is 9.06. The highest BCUT2D eigenvalue weighted by molar-refractivity contribution is 9.10. The summed E-state index contributed by atoms with van der Waals surface area (Å²) in [5, 5.41) is 20.1. The zero-order valence-corrected chi connectivity index (χ0v) is 12.3. The van der Waals surface area contributed by atoms with Crippen molar-refractivity contribution in [3.8, 4) is 5.75 Å². The van der Waals surface area contributed by atoms with Gasteiger partial charge in [0.25, 0.3) is 0 Å². The average molecular weight is 325 g/mol. The van der Waals surface area contributed by atoms with E-state index in [0.29, 0.717) is 22.9 Å². The molecule has 0 atom stereocenters. The second-order valence-electron chi connectivity index (χ2n) is 5.67. The smallest absolute Gasteiger partial charge is 0.314 e. The van der Waals surface area contributed by atoms with E-state index in [4.69, 9.17) is 0 Å². The van der Waals surface area contributed by atoms with E-state index < -0.39 is 11.4 Å². The fourth-order valence-electron chi connectivity index (χ4n) is 3.62. The first kappa shape index (κ1) is 13.0. The van der Waals surface area contributed by atoms with Crippen molar-refractivity contribution in [1.82, 2.24) is 0 Å². The molecule has 102 valence electrons. The lowest BCUT2D eigenvalue weighted by Gasteiger charge is -2.26. The lowest BCUT2D eigenvalue weighted by molar-refractivity contribution is -0.143. The predicted molar refractivity (Wildman–Crippen MR) is 75.6 cm³/mol. The Morgan fingerprint density at radius 3 is 2.53 bits per heavy atom. The average Bonchev–Trinajstić information content (AvgIpc) is 3.02. The molecule has 0 unspecified atom stereocenters. The second-order valence-corrected chi connectivity index (χ2v) is 6.47. The molecule has 2 N–H and O–H groups in total. The summed E-state index contributed by atoms with van der Waals surface area (Å²) in [7, 11) is 0. The molecule has 2 aliphatic carbocycles. The molecule has 1 saturated carbocycles. The number of fused-ring (bicyclic) bond motifs is 1. The largest absolute Gasteiger partial charge is 0.506 e. The molecule has 1 aromatic rings. The molecule has 0 amide bonds. The topological polar surface area (TPSA) is 57.5 Å². The monoisotopic (exact) mass is 324 g/mol. The molecular formula is C15H17BrO3. The first-order valence-electron chi connectivity index (χ1n) is 6.83. The van der Waals surface area contributed by atoms with Gasteiger partial charge in [0.05, 0.1) is 9.89 Å². The summed E-state index contributed by atoms with van der Waals surface area (Å²) in [6.45, 7) is 0. The summed E-state index contributed by atoms with van der Waals surface area (Å²) in [5.41, 5.74) is 2.08. The Bertz CT molecular complexity index is 545. The zero-order chi connectivity index (χ0) is 13.6. The number of aromatic hydroxyl groups is 1. The molecule has 0 spiro atoms. The van der Waals surface area contributed by atoms with Crippen LogP contribution in [0.4, 0.5) is 0 Å². The molecule has 1 fully saturated rings. The minimum Gasteiger partial charge on any atom is -0.506 e. The van der Waals surface area contributed by atoms with Crippen molar-refractivity contribution in [2.75, 3.05) is 0 Å². The van der Waals surface area contributed by atoms with Gasteiger partial charge >= 0.3 is 5.97 Å². The molecule has 3 rings (SSSR count). The number of hydrogen-bond donors (Lipinski definition) is 2. The Labute approximate surface area is 120 Å². The normalized spacial score (nSPS) is 20.5. The van der Waals surface area contributed by atoms with Crippen molar-refractivity contribution in [2.24, 2.45) is 0 Å². The molecular weight excluding hydrogens is 308 g/mol. The molecule has 0 aromatic heterocycles. The molecule has 0 aliphatic heterocycles. The second kappa shape index (κ2) is 4.51. The lowest BCUT2D eigenvalue weighted by Crippen LogP contribution is -2.33. The van der Waals surface area contributed by atoms with Crippen LogP contribution >= 0.6 is 15.9 Å². The number of phenolic OH excluding ortho intramolecular Hbond substituents is 1. The van der Waals surface area contributed by atoms with Crippen LogP contribution in [-0.2, 0) is 23.1 Å². The molecule has 3 nitrogen and oxygen atoms in total. The minimum atomic E-state index is -0.885. The van der Waals surface area contributed by atoms with Gasteiger partial charge in [0.2, 0.25) is 0 Å². The third kappa shape index (κ3) is 1.80. The van der Waals surface area contributed by atoms with Gasteiger partial charge in [0, 0.05) is 5.56 Å². The van der Waals surface area contributed by atoms with Gasteiger partial charge in [-0.2, -0.15) is 0 Å². The van der Waals surface area contributed by atoms with E-state index in [-0.39, 0.29) is 5.75 Å². The maximum atomic E-state index is 11.8. The Balaban J connectivity index is 2.20. The molecule has 0 bridgehead atoms. The van der Waals surface area contributed by atoms with Crippen molar-refractivity contribution in [3.05, 3.63) is 27.2 Å². The van der Waals surface area contributed by atoms with Gasteiger partial charge < -0.3 is 10.2 Å². The zero-order valence-electron chi connectivity index (χ0n) is 10.7. The van der Waals surface area contributed by atoms with Crippen LogP contribution in [0.2, 0.25) is 0 Å². The number of aryl methyl sites for hydroxylation is 1. The maximum Gasteiger partial charge on any atom is 0.314 e. The number of carbonyl (C=O) groups is 1. The number of phenols is 1. The van der Waals surface area contributed by atoms with E-state index in [1.807, 2.05) is 6.07 Å². The number of carboxylic acid groups (broad SMARTS) is 1. The Morgan fingerprint density at radius 2 is 1.89 bits per heavy atom. The highest BCUT2D eigenvalue weighted by Gasteiger charge is 2.45. The molecule has 2 aliphatic rings. The van der Waals surface area contributed by atoms with Crippen molar-refractivity contribution in [3.63, 3.8) is 0 Å². The molecule has 0 heterocycles. The summed E-state index contributed by atoms with van der Waals surface area (Å²) in [4.78, 5) is 11.8. The highest BCUT2D eigenvalue weighted by atomic mass is 79.9. The third-order valence-corrected chi connectivity index (χ3v) is 5.54. The van der Waals surface area contributed by atoms with Crippen LogP contribution in [0.15, 0.2) is 10.5 Å². The lowest BCUT2D eigenvalue weighted by atomic mass is 9.77. The minimum absolute atomic E-state index is 0.143. The summed E-state index contributed by atoms with van der Waals surface area (Å²) >= 11 is 3.46. The van der Waals surface area contributed by atoms with E-state index in [0.717, 1.165) is 37.7 Å². The molecule has 19 heavy (non-hydrogen) atoms. The van der Waals surface area contributed by atoms with E-state index >= 15 is 0 Å². The van der Waals surface area contributed by atoms with Gasteiger partial charge in [-0.15, -0.1) is 0 Å². The van der Waals surface area contributed by atoms with Crippen molar-refractivity contribution in [2.45, 2.75) is 50.4 Å². The Morgan fingerprint density at radius 1 is 1.21 bits per heavy atom. The quantitative estimate of drug-likeness (QED) is 0.874. The van der Waals surface area contributed by atoms with Crippen LogP contribution in [0.3, 0.4) is 0 Å². The number of rotatable bonds is 2. The van der Waals surface area contributed by atoms with Crippen LogP contribution < -0.4 is 0 Å². The number of carboxylic acids is 1. The molecule has 1 aromatic carbocycles. The molecule has 0 saturated heterocycles. The van der Waals surface area contributed by atoms with Gasteiger partial charge in [-0.1, -0.05) is 18.9 Å². The van der Waals surface area contributed by atoms with Crippen molar-refractivity contribution in [1.29, 1.82) is 0 Å². The van der Waals surface area contributed by atoms with Crippen LogP contribution in [-0.4, -0.2) is 16.2 Å². The van der Waals surface area contributed by atoms with Gasteiger partial charge in [0.1, 0.15) is 5.75 Å². The molecule has 0 radical (unpaired) electrons. The fraction of sp³-hybridized carbons (Fsp3) is 0.533.